The third-order valence-corrected chi connectivity index (χ3v) is 3.63. The summed E-state index contributed by atoms with van der Waals surface area (Å²) in [7, 11) is 0. The van der Waals surface area contributed by atoms with Gasteiger partial charge in [0.25, 0.3) is 0 Å². The van der Waals surface area contributed by atoms with E-state index >= 15 is 0 Å². The first-order valence-electron chi connectivity index (χ1n) is 6.26. The molecule has 0 aromatic heterocycles. The van der Waals surface area contributed by atoms with E-state index in [4.69, 9.17) is 4.74 Å². The minimum Gasteiger partial charge on any atom is -0.373 e. The summed E-state index contributed by atoms with van der Waals surface area (Å²) in [6.07, 6.45) is 3.41. The average molecular weight is 212 g/mol. The molecular formula is C12H24N2O. The zero-order chi connectivity index (χ0) is 11.0. The Morgan fingerprint density at radius 2 is 1.33 bits per heavy atom. The van der Waals surface area contributed by atoms with Crippen LogP contribution >= 0.6 is 0 Å². The molecule has 2 heterocycles. The molecule has 0 aromatic rings. The van der Waals surface area contributed by atoms with Crippen LogP contribution < -0.4 is 0 Å². The smallest absolute Gasteiger partial charge is 0.0692 e. The minimum absolute atomic E-state index is 0.369. The van der Waals surface area contributed by atoms with E-state index in [1.807, 2.05) is 0 Å². The molecule has 2 aliphatic heterocycles. The summed E-state index contributed by atoms with van der Waals surface area (Å²) in [5, 5.41) is 5.09. The lowest BCUT2D eigenvalue weighted by molar-refractivity contribution is -0.160. The third-order valence-electron chi connectivity index (χ3n) is 3.63. The topological polar surface area (TPSA) is 15.7 Å². The first-order chi connectivity index (χ1) is 7.08. The molecular weight excluding hydrogens is 188 g/mol. The van der Waals surface area contributed by atoms with E-state index in [0.29, 0.717) is 24.3 Å². The van der Waals surface area contributed by atoms with Crippen molar-refractivity contribution in [2.75, 3.05) is 13.1 Å². The van der Waals surface area contributed by atoms with Crippen molar-refractivity contribution in [3.05, 3.63) is 0 Å². The van der Waals surface area contributed by atoms with Crippen molar-refractivity contribution in [1.82, 2.24) is 10.0 Å². The van der Waals surface area contributed by atoms with Gasteiger partial charge in [-0.05, 0) is 40.5 Å². The van der Waals surface area contributed by atoms with E-state index in [0.717, 1.165) is 13.1 Å². The van der Waals surface area contributed by atoms with Crippen molar-refractivity contribution >= 4 is 0 Å². The van der Waals surface area contributed by atoms with Crippen molar-refractivity contribution in [3.63, 3.8) is 0 Å². The maximum atomic E-state index is 5.78. The Morgan fingerprint density at radius 3 is 1.80 bits per heavy atom. The Bertz CT molecular complexity index is 202. The van der Waals surface area contributed by atoms with Crippen LogP contribution in [-0.4, -0.2) is 47.4 Å². The molecule has 0 radical (unpaired) electrons. The average Bonchev–Trinajstić information content (AvgIpc) is 2.44. The van der Waals surface area contributed by atoms with Crippen LogP contribution in [0.3, 0.4) is 0 Å². The normalized spacial score (nSPS) is 44.8. The Morgan fingerprint density at radius 1 is 0.867 bits per heavy atom. The van der Waals surface area contributed by atoms with Crippen molar-refractivity contribution in [2.24, 2.45) is 0 Å². The summed E-state index contributed by atoms with van der Waals surface area (Å²) in [5.41, 5.74) is 0. The van der Waals surface area contributed by atoms with E-state index in [-0.39, 0.29) is 0 Å². The number of rotatable bonds is 1. The number of hydrazine groups is 1. The van der Waals surface area contributed by atoms with Gasteiger partial charge in [0, 0.05) is 25.2 Å². The Labute approximate surface area is 93.3 Å². The summed E-state index contributed by atoms with van der Waals surface area (Å²) >= 11 is 0. The lowest BCUT2D eigenvalue weighted by atomic mass is 10.2. The lowest BCUT2D eigenvalue weighted by Crippen LogP contribution is -2.56. The molecule has 0 bridgehead atoms. The molecule has 2 aliphatic rings. The molecule has 0 amide bonds. The highest BCUT2D eigenvalue weighted by Crippen LogP contribution is 2.27. The van der Waals surface area contributed by atoms with Gasteiger partial charge >= 0.3 is 0 Å². The standard InChI is InChI=1S/C12H24N2O/c1-9-5-6-10(2)14(9)13-7-11(3)15-12(4)8-13/h9-12H,5-8H2,1-4H3/t9-,10-,11-,12+/m0/s1. The summed E-state index contributed by atoms with van der Waals surface area (Å²) in [6, 6.07) is 1.41. The van der Waals surface area contributed by atoms with Crippen molar-refractivity contribution in [2.45, 2.75) is 64.8 Å². The van der Waals surface area contributed by atoms with Gasteiger partial charge in [-0.25, -0.2) is 10.0 Å². The van der Waals surface area contributed by atoms with Crippen LogP contribution in [0.5, 0.6) is 0 Å². The molecule has 0 saturated carbocycles. The molecule has 15 heavy (non-hydrogen) atoms. The number of hydrogen-bond donors (Lipinski definition) is 0. The Hall–Kier alpha value is -0.120. The highest BCUT2D eigenvalue weighted by molar-refractivity contribution is 4.83. The van der Waals surface area contributed by atoms with Crippen LogP contribution in [0.4, 0.5) is 0 Å². The van der Waals surface area contributed by atoms with Crippen molar-refractivity contribution in [3.8, 4) is 0 Å². The third kappa shape index (κ3) is 2.35. The van der Waals surface area contributed by atoms with Gasteiger partial charge in [0.1, 0.15) is 0 Å². The summed E-state index contributed by atoms with van der Waals surface area (Å²) in [4.78, 5) is 0. The SMILES string of the molecule is C[C@@H]1CN(N2[C@@H](C)CC[C@@H]2C)C[C@H](C)O1. The van der Waals surface area contributed by atoms with Crippen molar-refractivity contribution < 1.29 is 4.74 Å². The van der Waals surface area contributed by atoms with E-state index in [1.54, 1.807) is 0 Å². The quantitative estimate of drug-likeness (QED) is 0.660. The summed E-state index contributed by atoms with van der Waals surface area (Å²) in [6.45, 7) is 11.1. The number of nitrogens with zero attached hydrogens (tertiary/aromatic N) is 2. The lowest BCUT2D eigenvalue weighted by Gasteiger charge is -2.44. The van der Waals surface area contributed by atoms with Crippen LogP contribution in [-0.2, 0) is 4.74 Å². The van der Waals surface area contributed by atoms with E-state index < -0.39 is 0 Å². The molecule has 88 valence electrons. The van der Waals surface area contributed by atoms with Crippen LogP contribution in [0.15, 0.2) is 0 Å². The minimum atomic E-state index is 0.369. The van der Waals surface area contributed by atoms with Gasteiger partial charge < -0.3 is 4.74 Å². The zero-order valence-electron chi connectivity index (χ0n) is 10.4. The highest BCUT2D eigenvalue weighted by Gasteiger charge is 2.35. The Balaban J connectivity index is 2.02. The second-order valence-electron chi connectivity index (χ2n) is 5.28. The molecule has 0 aromatic carbocycles. The molecule has 0 N–H and O–H groups in total. The zero-order valence-corrected chi connectivity index (χ0v) is 10.4. The monoisotopic (exact) mass is 212 g/mol. The first-order valence-corrected chi connectivity index (χ1v) is 6.26. The van der Waals surface area contributed by atoms with Gasteiger partial charge in [-0.3, -0.25) is 0 Å². The van der Waals surface area contributed by atoms with E-state index in [9.17, 15) is 0 Å². The predicted octanol–water partition coefficient (Wildman–Crippen LogP) is 1.88. The van der Waals surface area contributed by atoms with Crippen LogP contribution in [0.2, 0.25) is 0 Å². The molecule has 0 spiro atoms. The number of ether oxygens (including phenoxy) is 1. The van der Waals surface area contributed by atoms with Gasteiger partial charge in [-0.15, -0.1) is 0 Å². The molecule has 0 aliphatic carbocycles. The number of morpholine rings is 1. The maximum absolute atomic E-state index is 5.78. The van der Waals surface area contributed by atoms with Gasteiger partial charge in [-0.2, -0.15) is 0 Å². The molecule has 2 rings (SSSR count). The fourth-order valence-electron chi connectivity index (χ4n) is 3.08. The van der Waals surface area contributed by atoms with Gasteiger partial charge in [0.05, 0.1) is 12.2 Å². The van der Waals surface area contributed by atoms with Crippen LogP contribution in [0.1, 0.15) is 40.5 Å². The van der Waals surface area contributed by atoms with Gasteiger partial charge in [0.2, 0.25) is 0 Å². The molecule has 3 nitrogen and oxygen atoms in total. The fraction of sp³-hybridized carbons (Fsp3) is 1.00. The van der Waals surface area contributed by atoms with Crippen LogP contribution in [0.25, 0.3) is 0 Å². The predicted molar refractivity (Wildman–Crippen MR) is 61.6 cm³/mol. The fourth-order valence-corrected chi connectivity index (χ4v) is 3.08. The summed E-state index contributed by atoms with van der Waals surface area (Å²) < 4.78 is 5.78. The van der Waals surface area contributed by atoms with E-state index in [1.165, 1.54) is 12.8 Å². The van der Waals surface area contributed by atoms with Gasteiger partial charge in [0.15, 0.2) is 0 Å². The second kappa shape index (κ2) is 4.40. The highest BCUT2D eigenvalue weighted by atomic mass is 16.5. The largest absolute Gasteiger partial charge is 0.373 e. The molecule has 0 unspecified atom stereocenters. The first kappa shape index (κ1) is 11.4. The maximum Gasteiger partial charge on any atom is 0.0692 e. The van der Waals surface area contributed by atoms with Gasteiger partial charge in [-0.1, -0.05) is 0 Å². The molecule has 3 heteroatoms. The Kier molecular flexibility index (Phi) is 3.33. The van der Waals surface area contributed by atoms with E-state index in [2.05, 4.69) is 37.7 Å². The second-order valence-corrected chi connectivity index (χ2v) is 5.28. The molecule has 2 saturated heterocycles. The van der Waals surface area contributed by atoms with Crippen molar-refractivity contribution in [1.29, 1.82) is 0 Å². The summed E-state index contributed by atoms with van der Waals surface area (Å²) in [5.74, 6) is 0. The number of hydrogen-bond acceptors (Lipinski definition) is 3. The molecule has 2 fully saturated rings. The van der Waals surface area contributed by atoms with Crippen LogP contribution in [0, 0.1) is 0 Å². The molecule has 4 atom stereocenters.